The summed E-state index contributed by atoms with van der Waals surface area (Å²) in [5.41, 5.74) is 5.23. The number of ether oxygens (including phenoxy) is 2. The second-order valence-electron chi connectivity index (χ2n) is 8.47. The van der Waals surface area contributed by atoms with Crippen molar-refractivity contribution in [1.29, 1.82) is 0 Å². The Balaban J connectivity index is 4.42. The summed E-state index contributed by atoms with van der Waals surface area (Å²) in [5, 5.41) is 8.71. The van der Waals surface area contributed by atoms with Gasteiger partial charge in [0, 0.05) is 12.8 Å². The summed E-state index contributed by atoms with van der Waals surface area (Å²) in [6.07, 6.45) is 13.5. The second kappa shape index (κ2) is 21.3. The lowest BCUT2D eigenvalue weighted by Crippen LogP contribution is -2.34. The molecule has 0 aromatic heterocycles. The van der Waals surface area contributed by atoms with Gasteiger partial charge < -0.3 is 25.2 Å². The molecule has 0 radical (unpaired) electrons. The van der Waals surface area contributed by atoms with Crippen molar-refractivity contribution in [2.24, 2.45) is 5.73 Å². The molecule has 0 aliphatic heterocycles. The number of hydrogen-bond acceptors (Lipinski definition) is 9. The van der Waals surface area contributed by atoms with Gasteiger partial charge in [0.1, 0.15) is 12.6 Å². The largest absolute Gasteiger partial charge is 0.480 e. The quantitative estimate of drug-likeness (QED) is 0.0735. The molecule has 12 heteroatoms. The molecule has 0 aliphatic rings. The molecule has 0 rings (SSSR count). The molecule has 36 heavy (non-hydrogen) atoms. The van der Waals surface area contributed by atoms with Crippen LogP contribution in [0.4, 0.5) is 0 Å². The normalized spacial score (nSPS) is 14.8. The summed E-state index contributed by atoms with van der Waals surface area (Å²) in [6, 6.07) is -1.51. The molecule has 0 aromatic rings. The van der Waals surface area contributed by atoms with Gasteiger partial charge in [-0.05, 0) is 32.1 Å². The second-order valence-corrected chi connectivity index (χ2v) is 9.92. The van der Waals surface area contributed by atoms with Gasteiger partial charge in [-0.3, -0.25) is 23.4 Å². The van der Waals surface area contributed by atoms with Crippen molar-refractivity contribution < 1.29 is 47.5 Å². The number of nitrogens with two attached hydrogens (primary N) is 1. The first-order valence-electron chi connectivity index (χ1n) is 12.7. The predicted octanol–water partition coefficient (Wildman–Crippen LogP) is 4.26. The molecule has 0 saturated carbocycles. The fourth-order valence-electron chi connectivity index (χ4n) is 2.90. The Labute approximate surface area is 214 Å². The Hall–Kier alpha value is -1.78. The molecule has 0 aliphatic carbocycles. The average Bonchev–Trinajstić information content (AvgIpc) is 2.82. The first kappa shape index (κ1) is 34.2. The minimum atomic E-state index is -4.67. The topological polar surface area (TPSA) is 172 Å². The third kappa shape index (κ3) is 20.4. The predicted molar refractivity (Wildman–Crippen MR) is 134 cm³/mol. The molecule has 4 N–H and O–H groups in total. The van der Waals surface area contributed by atoms with Gasteiger partial charge >= 0.3 is 25.7 Å². The lowest BCUT2D eigenvalue weighted by Gasteiger charge is -2.20. The molecule has 0 heterocycles. The number of phosphoric ester groups is 1. The molecule has 3 atom stereocenters. The highest BCUT2D eigenvalue weighted by molar-refractivity contribution is 7.47. The van der Waals surface area contributed by atoms with Gasteiger partial charge in [0.15, 0.2) is 6.10 Å². The Kier molecular flexibility index (Phi) is 20.3. The maximum atomic E-state index is 12.2. The Morgan fingerprint density at radius 1 is 0.833 bits per heavy atom. The molecular formula is C24H44NO10P. The maximum absolute atomic E-state index is 12.2. The number of rotatable bonds is 23. The van der Waals surface area contributed by atoms with Crippen LogP contribution in [0, 0.1) is 0 Å². The van der Waals surface area contributed by atoms with E-state index in [0.717, 1.165) is 38.5 Å². The van der Waals surface area contributed by atoms with Crippen LogP contribution in [0.5, 0.6) is 0 Å². The first-order valence-corrected chi connectivity index (χ1v) is 14.2. The van der Waals surface area contributed by atoms with Crippen molar-refractivity contribution in [3.05, 3.63) is 12.2 Å². The first-order chi connectivity index (χ1) is 17.1. The van der Waals surface area contributed by atoms with E-state index in [1.165, 1.54) is 12.8 Å². The number of unbranched alkanes of at least 4 members (excludes halogenated alkanes) is 7. The van der Waals surface area contributed by atoms with Gasteiger partial charge in [0.2, 0.25) is 0 Å². The molecule has 0 amide bonds. The monoisotopic (exact) mass is 537 g/mol. The summed E-state index contributed by atoms with van der Waals surface area (Å²) >= 11 is 0. The van der Waals surface area contributed by atoms with Crippen molar-refractivity contribution in [2.75, 3.05) is 19.8 Å². The van der Waals surface area contributed by atoms with Crippen LogP contribution in [0.1, 0.15) is 90.9 Å². The van der Waals surface area contributed by atoms with Crippen LogP contribution in [0.15, 0.2) is 12.2 Å². The van der Waals surface area contributed by atoms with Crippen molar-refractivity contribution in [3.63, 3.8) is 0 Å². The van der Waals surface area contributed by atoms with Crippen LogP contribution in [-0.4, -0.2) is 59.9 Å². The molecule has 0 bridgehead atoms. The van der Waals surface area contributed by atoms with E-state index < -0.39 is 51.1 Å². The van der Waals surface area contributed by atoms with Crippen molar-refractivity contribution in [2.45, 2.75) is 103 Å². The maximum Gasteiger partial charge on any atom is 0.472 e. The van der Waals surface area contributed by atoms with Gasteiger partial charge in [0.25, 0.3) is 0 Å². The molecule has 0 saturated heterocycles. The number of carbonyl (C=O) groups excluding carboxylic acids is 2. The zero-order valence-electron chi connectivity index (χ0n) is 21.6. The SMILES string of the molecule is CCCC/C=C\CCCCCCCC(=O)OC(COC(=O)CCC)COP(=O)(O)OCC(N)C(=O)O. The molecule has 210 valence electrons. The zero-order valence-corrected chi connectivity index (χ0v) is 22.5. The number of esters is 2. The number of carboxylic acid groups (broad SMARTS) is 1. The summed E-state index contributed by atoms with van der Waals surface area (Å²) < 4.78 is 31.6. The molecular weight excluding hydrogens is 493 g/mol. The minimum Gasteiger partial charge on any atom is -0.480 e. The number of carboxylic acids is 1. The fourth-order valence-corrected chi connectivity index (χ4v) is 3.68. The van der Waals surface area contributed by atoms with Gasteiger partial charge in [-0.15, -0.1) is 0 Å². The van der Waals surface area contributed by atoms with Crippen molar-refractivity contribution in [3.8, 4) is 0 Å². The fraction of sp³-hybridized carbons (Fsp3) is 0.792. The molecule has 0 fully saturated rings. The van der Waals surface area contributed by atoms with Gasteiger partial charge in [-0.25, -0.2) is 4.57 Å². The summed E-state index contributed by atoms with van der Waals surface area (Å²) in [7, 11) is -4.67. The van der Waals surface area contributed by atoms with E-state index in [4.69, 9.17) is 24.8 Å². The van der Waals surface area contributed by atoms with E-state index in [2.05, 4.69) is 23.6 Å². The summed E-state index contributed by atoms with van der Waals surface area (Å²) in [5.74, 6) is -2.46. The standard InChI is InChI=1S/C24H44NO10P/c1-3-5-6-7-8-9-10-11-12-13-14-16-23(27)35-20(17-32-22(26)15-4-2)18-33-36(30,31)34-19-21(25)24(28)29/h7-8,20-21H,3-6,9-19,25H2,1-2H3,(H,28,29)(H,30,31)/b8-7-. The van der Waals surface area contributed by atoms with Gasteiger partial charge in [-0.1, -0.05) is 58.1 Å². The van der Waals surface area contributed by atoms with Crippen LogP contribution in [0.2, 0.25) is 0 Å². The van der Waals surface area contributed by atoms with Crippen LogP contribution < -0.4 is 5.73 Å². The number of phosphoric acid groups is 1. The zero-order chi connectivity index (χ0) is 27.2. The molecule has 0 spiro atoms. The van der Waals surface area contributed by atoms with E-state index in [9.17, 15) is 23.8 Å². The summed E-state index contributed by atoms with van der Waals surface area (Å²) in [6.45, 7) is 2.27. The molecule has 0 aromatic carbocycles. The number of hydrogen-bond donors (Lipinski definition) is 3. The third-order valence-corrected chi connectivity index (χ3v) is 5.93. The van der Waals surface area contributed by atoms with Crippen LogP contribution in [-0.2, 0) is 37.5 Å². The van der Waals surface area contributed by atoms with E-state index >= 15 is 0 Å². The van der Waals surface area contributed by atoms with E-state index in [1.807, 2.05) is 0 Å². The Morgan fingerprint density at radius 3 is 2.08 bits per heavy atom. The minimum absolute atomic E-state index is 0.150. The van der Waals surface area contributed by atoms with Crippen LogP contribution in [0.3, 0.4) is 0 Å². The highest BCUT2D eigenvalue weighted by Crippen LogP contribution is 2.43. The van der Waals surface area contributed by atoms with E-state index in [1.54, 1.807) is 6.92 Å². The molecule has 3 unspecified atom stereocenters. The van der Waals surface area contributed by atoms with E-state index in [-0.39, 0.29) is 19.4 Å². The van der Waals surface area contributed by atoms with E-state index in [0.29, 0.717) is 12.8 Å². The smallest absolute Gasteiger partial charge is 0.472 e. The molecule has 11 nitrogen and oxygen atoms in total. The highest BCUT2D eigenvalue weighted by atomic mass is 31.2. The highest BCUT2D eigenvalue weighted by Gasteiger charge is 2.28. The van der Waals surface area contributed by atoms with Gasteiger partial charge in [0.05, 0.1) is 13.2 Å². The Bertz CT molecular complexity index is 700. The number of aliphatic carboxylic acids is 1. The average molecular weight is 538 g/mol. The lowest BCUT2D eigenvalue weighted by atomic mass is 10.1. The number of allylic oxidation sites excluding steroid dienone is 2. The van der Waals surface area contributed by atoms with Crippen molar-refractivity contribution >= 4 is 25.7 Å². The van der Waals surface area contributed by atoms with Crippen molar-refractivity contribution in [1.82, 2.24) is 0 Å². The van der Waals surface area contributed by atoms with Crippen LogP contribution >= 0.6 is 7.82 Å². The van der Waals surface area contributed by atoms with Crippen LogP contribution in [0.25, 0.3) is 0 Å². The third-order valence-electron chi connectivity index (χ3n) is 4.98. The lowest BCUT2D eigenvalue weighted by molar-refractivity contribution is -0.161. The number of carbonyl (C=O) groups is 3. The summed E-state index contributed by atoms with van der Waals surface area (Å²) in [4.78, 5) is 44.3. The Morgan fingerprint density at radius 2 is 1.44 bits per heavy atom. The van der Waals surface area contributed by atoms with Gasteiger partial charge in [-0.2, -0.15) is 0 Å².